The lowest BCUT2D eigenvalue weighted by Crippen LogP contribution is -2.21. The van der Waals surface area contributed by atoms with Crippen molar-refractivity contribution in [3.8, 4) is 0 Å². The summed E-state index contributed by atoms with van der Waals surface area (Å²) < 4.78 is 41.1. The molecule has 1 aliphatic rings. The molecular weight excluding hydrogens is 424 g/mol. The monoisotopic (exact) mass is 440 g/mol. The van der Waals surface area contributed by atoms with Crippen LogP contribution in [0.5, 0.6) is 0 Å². The molecule has 9 heteroatoms. The van der Waals surface area contributed by atoms with E-state index in [1.54, 1.807) is 13.0 Å². The second kappa shape index (κ2) is 7.51. The molecule has 0 atom stereocenters. The number of carbonyl (C=O) groups is 3. The van der Waals surface area contributed by atoms with Crippen LogP contribution in [0, 0.1) is 6.92 Å². The van der Waals surface area contributed by atoms with Gasteiger partial charge in [-0.1, -0.05) is 12.1 Å². The Morgan fingerprint density at radius 1 is 0.968 bits per heavy atom. The third-order valence-corrected chi connectivity index (χ3v) is 6.74. The standard InChI is InChI=1S/C22H16O8S/c1-12-17(22(25)28-2)10-14(30-12)11-29-21(24)13-7-8-16-19(9-13)31(26,27)18-6-4-3-5-15(18)20(16)23/h3-10H,11H2,1-2H3. The summed E-state index contributed by atoms with van der Waals surface area (Å²) in [6.45, 7) is 1.29. The normalized spacial score (nSPS) is 13.8. The molecule has 4 rings (SSSR count). The zero-order chi connectivity index (χ0) is 22.3. The van der Waals surface area contributed by atoms with Crippen LogP contribution in [0.4, 0.5) is 0 Å². The molecule has 0 amide bonds. The number of furan rings is 1. The molecule has 0 unspecified atom stereocenters. The number of ketones is 1. The summed E-state index contributed by atoms with van der Waals surface area (Å²) in [4.78, 5) is 36.5. The lowest BCUT2D eigenvalue weighted by atomic mass is 10.0. The Morgan fingerprint density at radius 2 is 1.68 bits per heavy atom. The highest BCUT2D eigenvalue weighted by atomic mass is 32.2. The van der Waals surface area contributed by atoms with Gasteiger partial charge in [0.05, 0.1) is 22.5 Å². The van der Waals surface area contributed by atoms with Crippen molar-refractivity contribution in [1.82, 2.24) is 0 Å². The Morgan fingerprint density at radius 3 is 2.42 bits per heavy atom. The van der Waals surface area contributed by atoms with Gasteiger partial charge in [-0.3, -0.25) is 4.79 Å². The van der Waals surface area contributed by atoms with E-state index in [1.165, 1.54) is 43.5 Å². The summed E-state index contributed by atoms with van der Waals surface area (Å²) in [6.07, 6.45) is 0. The van der Waals surface area contributed by atoms with Crippen molar-refractivity contribution in [2.24, 2.45) is 0 Å². The predicted octanol–water partition coefficient (Wildman–Crippen LogP) is 3.11. The van der Waals surface area contributed by atoms with Gasteiger partial charge in [0.2, 0.25) is 9.84 Å². The molecule has 0 bridgehead atoms. The van der Waals surface area contributed by atoms with Crippen LogP contribution in [-0.4, -0.2) is 33.2 Å². The maximum Gasteiger partial charge on any atom is 0.341 e. The lowest BCUT2D eigenvalue weighted by Gasteiger charge is -2.19. The van der Waals surface area contributed by atoms with Crippen LogP contribution in [-0.2, 0) is 25.9 Å². The minimum atomic E-state index is -3.97. The van der Waals surface area contributed by atoms with Crippen molar-refractivity contribution in [3.05, 3.63) is 82.3 Å². The van der Waals surface area contributed by atoms with Gasteiger partial charge in [-0.15, -0.1) is 0 Å². The molecule has 0 aliphatic carbocycles. The number of benzene rings is 2. The van der Waals surface area contributed by atoms with Gasteiger partial charge in [0.1, 0.15) is 23.7 Å². The topological polar surface area (TPSA) is 117 Å². The van der Waals surface area contributed by atoms with Gasteiger partial charge in [0.25, 0.3) is 0 Å². The molecule has 2 aromatic carbocycles. The fourth-order valence-corrected chi connectivity index (χ4v) is 5.04. The summed E-state index contributed by atoms with van der Waals surface area (Å²) >= 11 is 0. The first-order chi connectivity index (χ1) is 14.7. The molecular formula is C22H16O8S. The van der Waals surface area contributed by atoms with Crippen molar-refractivity contribution < 1.29 is 36.7 Å². The maximum atomic E-state index is 13.0. The van der Waals surface area contributed by atoms with Gasteiger partial charge in [0.15, 0.2) is 5.78 Å². The first kappa shape index (κ1) is 20.5. The van der Waals surface area contributed by atoms with E-state index in [9.17, 15) is 22.8 Å². The fourth-order valence-electron chi connectivity index (χ4n) is 3.36. The van der Waals surface area contributed by atoms with Crippen LogP contribution in [0.25, 0.3) is 0 Å². The van der Waals surface area contributed by atoms with E-state index in [0.717, 1.165) is 6.07 Å². The molecule has 31 heavy (non-hydrogen) atoms. The highest BCUT2D eigenvalue weighted by Gasteiger charge is 2.35. The summed E-state index contributed by atoms with van der Waals surface area (Å²) in [5, 5.41) is 0. The molecule has 1 aromatic heterocycles. The highest BCUT2D eigenvalue weighted by Crippen LogP contribution is 2.34. The van der Waals surface area contributed by atoms with Gasteiger partial charge in [-0.05, 0) is 43.3 Å². The van der Waals surface area contributed by atoms with E-state index in [2.05, 4.69) is 4.74 Å². The molecule has 0 N–H and O–H groups in total. The van der Waals surface area contributed by atoms with Gasteiger partial charge in [-0.25, -0.2) is 18.0 Å². The van der Waals surface area contributed by atoms with Gasteiger partial charge in [0, 0.05) is 11.1 Å². The Labute approximate surface area is 177 Å². The molecule has 0 fully saturated rings. The van der Waals surface area contributed by atoms with Crippen LogP contribution < -0.4 is 0 Å². The van der Waals surface area contributed by atoms with Crippen molar-refractivity contribution in [2.75, 3.05) is 7.11 Å². The molecule has 0 spiro atoms. The van der Waals surface area contributed by atoms with Crippen molar-refractivity contribution in [2.45, 2.75) is 23.3 Å². The number of aryl methyl sites for hydroxylation is 1. The second-order valence-electron chi connectivity index (χ2n) is 6.79. The van der Waals surface area contributed by atoms with Crippen molar-refractivity contribution >= 4 is 27.6 Å². The Bertz CT molecular complexity index is 1350. The lowest BCUT2D eigenvalue weighted by molar-refractivity contribution is 0.0443. The van der Waals surface area contributed by atoms with Gasteiger partial charge >= 0.3 is 11.9 Å². The summed E-state index contributed by atoms with van der Waals surface area (Å²) in [7, 11) is -2.73. The number of rotatable bonds is 4. The highest BCUT2D eigenvalue weighted by molar-refractivity contribution is 7.91. The molecule has 0 radical (unpaired) electrons. The molecule has 2 heterocycles. The first-order valence-electron chi connectivity index (χ1n) is 9.11. The molecule has 3 aromatic rings. The zero-order valence-corrected chi connectivity index (χ0v) is 17.3. The number of hydrogen-bond acceptors (Lipinski definition) is 8. The number of methoxy groups -OCH3 is 1. The van der Waals surface area contributed by atoms with E-state index in [0.29, 0.717) is 5.76 Å². The van der Waals surface area contributed by atoms with Crippen LogP contribution in [0.15, 0.2) is 62.7 Å². The van der Waals surface area contributed by atoms with E-state index in [-0.39, 0.29) is 44.4 Å². The first-order valence-corrected chi connectivity index (χ1v) is 10.6. The van der Waals surface area contributed by atoms with Crippen LogP contribution in [0.2, 0.25) is 0 Å². The molecule has 8 nitrogen and oxygen atoms in total. The van der Waals surface area contributed by atoms with E-state index in [1.807, 2.05) is 0 Å². The van der Waals surface area contributed by atoms with Gasteiger partial charge < -0.3 is 13.9 Å². The van der Waals surface area contributed by atoms with Crippen molar-refractivity contribution in [3.63, 3.8) is 0 Å². The summed E-state index contributed by atoms with van der Waals surface area (Å²) in [5.74, 6) is -1.28. The summed E-state index contributed by atoms with van der Waals surface area (Å²) in [6, 6.07) is 11.1. The van der Waals surface area contributed by atoms with E-state index in [4.69, 9.17) is 9.15 Å². The van der Waals surface area contributed by atoms with Crippen LogP contribution >= 0.6 is 0 Å². The molecule has 1 aliphatic heterocycles. The van der Waals surface area contributed by atoms with Crippen molar-refractivity contribution in [1.29, 1.82) is 0 Å². The molecule has 158 valence electrons. The fraction of sp³-hybridized carbons (Fsp3) is 0.136. The minimum absolute atomic E-state index is 0.000343. The Balaban J connectivity index is 1.60. The largest absolute Gasteiger partial charge is 0.465 e. The average Bonchev–Trinajstić information content (AvgIpc) is 3.15. The maximum absolute atomic E-state index is 13.0. The number of ether oxygens (including phenoxy) is 2. The summed E-state index contributed by atoms with van der Waals surface area (Å²) in [5.41, 5.74) is 0.274. The Kier molecular flexibility index (Phi) is 4.98. The number of hydrogen-bond donors (Lipinski definition) is 0. The van der Waals surface area contributed by atoms with Crippen LogP contribution in [0.3, 0.4) is 0 Å². The molecule has 0 saturated heterocycles. The van der Waals surface area contributed by atoms with E-state index >= 15 is 0 Å². The van der Waals surface area contributed by atoms with E-state index < -0.39 is 27.6 Å². The SMILES string of the molecule is COC(=O)c1cc(COC(=O)c2ccc3c(c2)S(=O)(=O)c2ccccc2C3=O)oc1C. The second-order valence-corrected chi connectivity index (χ2v) is 8.68. The van der Waals surface area contributed by atoms with Crippen LogP contribution in [0.1, 0.15) is 48.2 Å². The predicted molar refractivity (Wildman–Crippen MR) is 106 cm³/mol. The number of carbonyl (C=O) groups excluding carboxylic acids is 3. The number of fused-ring (bicyclic) bond motifs is 2. The smallest absolute Gasteiger partial charge is 0.341 e. The third-order valence-electron chi connectivity index (χ3n) is 4.89. The number of esters is 2. The third kappa shape index (κ3) is 3.42. The molecule has 0 saturated carbocycles. The number of sulfone groups is 1. The Hall–Kier alpha value is -3.72. The average molecular weight is 440 g/mol. The minimum Gasteiger partial charge on any atom is -0.465 e. The zero-order valence-electron chi connectivity index (χ0n) is 16.5. The van der Waals surface area contributed by atoms with Gasteiger partial charge in [-0.2, -0.15) is 0 Å². The quantitative estimate of drug-likeness (QED) is 0.444.